The number of rotatable bonds is 19. The summed E-state index contributed by atoms with van der Waals surface area (Å²) in [6, 6.07) is 9.86. The number of primary amides is 1. The number of ether oxygens (including phenoxy) is 4. The van der Waals surface area contributed by atoms with Crippen LogP contribution >= 0.6 is 126 Å². The third-order valence-corrected chi connectivity index (χ3v) is 22.0. The first-order chi connectivity index (χ1) is 50.6. The fourth-order valence-corrected chi connectivity index (χ4v) is 12.9. The van der Waals surface area contributed by atoms with Gasteiger partial charge in [0.2, 0.25) is 11.7 Å². The van der Waals surface area contributed by atoms with Crippen molar-refractivity contribution in [2.75, 3.05) is 59.7 Å². The molecule has 6 fully saturated rings. The van der Waals surface area contributed by atoms with E-state index in [-0.39, 0.29) is 83.5 Å². The second-order valence-corrected chi connectivity index (χ2v) is 30.3. The number of carbonyl (C=O) groups excluding carboxylic acids is 2. The largest absolute Gasteiger partial charge is 0.398 e. The van der Waals surface area contributed by atoms with Crippen LogP contribution in [0.2, 0.25) is 25.1 Å². The second kappa shape index (κ2) is 41.8. The predicted octanol–water partition coefficient (Wildman–Crippen LogP) is 17.5. The summed E-state index contributed by atoms with van der Waals surface area (Å²) < 4.78 is 105. The van der Waals surface area contributed by atoms with Crippen molar-refractivity contribution in [3.05, 3.63) is 190 Å². The molecule has 1 saturated heterocycles. The normalized spacial score (nSPS) is 16.0. The Morgan fingerprint density at radius 3 is 1.60 bits per heavy atom. The molecule has 107 heavy (non-hydrogen) atoms. The fourth-order valence-electron chi connectivity index (χ4n) is 10.5. The SMILES string of the molecule is C#Cc1nn([C@H]2C[C@H](COC)N(C(=O)C=C)C2)c(NC)c1C(N)=O.COC(OC)OC.Fc1c(Cl)c(I)cc2ncn(C3CC3)c12.NC1CC1.Nc1cc(I)c(Cl)c(F)c1CC1CC1.O=[N+]([O-])c1cc(I)c(Cl)c(F)c1CC1CC1.O=[N+]([O-])c1ccc(Cl)c(F)c1CC1CC1.O=[N+]([O-])c1ccc(Cl)c(F)c1F. The van der Waals surface area contributed by atoms with Crippen molar-refractivity contribution >= 4 is 177 Å². The van der Waals surface area contributed by atoms with Gasteiger partial charge in [0.1, 0.15) is 28.4 Å². The van der Waals surface area contributed by atoms with Crippen molar-refractivity contribution in [3.63, 3.8) is 0 Å². The third-order valence-electron chi connectivity index (χ3n) is 16.8. The van der Waals surface area contributed by atoms with Gasteiger partial charge in [-0.25, -0.2) is 31.6 Å². The number of imidazole rings is 1. The van der Waals surface area contributed by atoms with Crippen LogP contribution in [0.15, 0.2) is 61.4 Å². The first-order valence-corrected chi connectivity index (χ1v) is 37.7. The molecule has 580 valence electrons. The summed E-state index contributed by atoms with van der Waals surface area (Å²) in [7, 11) is 7.78. The maximum atomic E-state index is 13.9. The Balaban J connectivity index is 0.000000197. The number of halogens is 14. The van der Waals surface area contributed by atoms with Gasteiger partial charge in [0.15, 0.2) is 23.3 Å². The van der Waals surface area contributed by atoms with Crippen molar-refractivity contribution in [2.45, 2.75) is 121 Å². The number of nitro groups is 3. The number of nitrogens with zero attached hydrogens (tertiary/aromatic N) is 8. The van der Waals surface area contributed by atoms with Crippen LogP contribution in [0.25, 0.3) is 11.0 Å². The first kappa shape index (κ1) is 89.7. The lowest BCUT2D eigenvalue weighted by Crippen LogP contribution is -2.37. The van der Waals surface area contributed by atoms with Crippen LogP contribution in [0.3, 0.4) is 0 Å². The van der Waals surface area contributed by atoms with Crippen LogP contribution in [-0.2, 0) is 43.0 Å². The molecular formula is C69H74Cl5F6I3N12O12. The Hall–Kier alpha value is -6.16. The fraction of sp³-hybridized carbons (Fsp3) is 0.420. The highest BCUT2D eigenvalue weighted by Gasteiger charge is 2.39. The van der Waals surface area contributed by atoms with E-state index in [1.807, 2.05) is 55.8 Å². The average molecular weight is 1940 g/mol. The number of nitrogen functional groups attached to an aromatic ring is 1. The number of likely N-dealkylation sites (tertiary alicyclic amines) is 1. The average Bonchev–Trinajstić information content (AvgIpc) is 1.63. The van der Waals surface area contributed by atoms with Gasteiger partial charge >= 0.3 is 5.69 Å². The van der Waals surface area contributed by atoms with Crippen molar-refractivity contribution < 1.29 is 69.6 Å². The molecule has 0 unspecified atom stereocenters. The molecule has 5 aliphatic carbocycles. The zero-order valence-corrected chi connectivity index (χ0v) is 68.2. The van der Waals surface area contributed by atoms with E-state index in [1.54, 1.807) is 58.7 Å². The summed E-state index contributed by atoms with van der Waals surface area (Å²) in [4.78, 5) is 59.1. The summed E-state index contributed by atoms with van der Waals surface area (Å²) in [6.07, 6.45) is 21.8. The van der Waals surface area contributed by atoms with Crippen LogP contribution in [0.1, 0.15) is 115 Å². The molecule has 3 heterocycles. The molecule has 0 spiro atoms. The van der Waals surface area contributed by atoms with Gasteiger partial charge in [-0.3, -0.25) is 39.9 Å². The molecule has 2 amide bonds. The monoisotopic (exact) mass is 1930 g/mol. The number of hydrogen-bond donors (Lipinski definition) is 4. The molecule has 2 atom stereocenters. The zero-order chi connectivity index (χ0) is 79.6. The zero-order valence-electron chi connectivity index (χ0n) is 57.9. The van der Waals surface area contributed by atoms with Crippen molar-refractivity contribution in [3.8, 4) is 12.3 Å². The minimum absolute atomic E-state index is 0.0122. The van der Waals surface area contributed by atoms with E-state index in [2.05, 4.69) is 42.1 Å². The second-order valence-electron chi connectivity index (χ2n) is 24.8. The predicted molar refractivity (Wildman–Crippen MR) is 422 cm³/mol. The molecule has 7 N–H and O–H groups in total. The number of amides is 2. The highest BCUT2D eigenvalue weighted by molar-refractivity contribution is 14.1. The standard InChI is InChI=1S/C16H21N5O3.C10H7ClFIN2.C10H8ClFINO2.C10H10ClFIN.C10H9ClFNO2.C6H2ClF2NO2.C4H10O3.C3H7N/c1-5-12-14(15(17)23)16(18-3)21(19-12)10-7-11(9-24-4)20(8-10)13(22)6-2;11-8-6(13)3-7-10(9(8)12)15(4-14-7)5-1-2-5;11-9-7(13)4-8(14(15)16)6(10(9)12)3-5-1-2-5;11-9-7(13)4-8(14)6(10(9)12)3-5-1-2-5;11-8-3-4-9(13(14)15)7(10(8)12)5-6-1-2-6;7-3-1-2-4(10(11)12)6(9)5(3)8;1-5-4(6-2)7-3;4-3-1-2-3/h1,6,10-11,18H,2,7-9H2,3-4H3,(H2,17,23);3-5H,1-2H2;4-5H,1-3H2;4-5H,1-3,14H2;3-4,6H,1-2,5H2;1-2H;4H,1-3H3;3H,1-2,4H2/t10-,11+;;;;;;;/m0......./s1. The van der Waals surface area contributed by atoms with Crippen molar-refractivity contribution in [2.24, 2.45) is 29.2 Å². The molecule has 0 radical (unpaired) electrons. The molecule has 5 saturated carbocycles. The highest BCUT2D eigenvalue weighted by atomic mass is 127. The lowest BCUT2D eigenvalue weighted by atomic mass is 10.1. The Kier molecular flexibility index (Phi) is 35.0. The molecular weight excluding hydrogens is 1860 g/mol. The lowest BCUT2D eigenvalue weighted by Gasteiger charge is -2.22. The molecule has 0 bridgehead atoms. The molecule has 2 aromatic heterocycles. The van der Waals surface area contributed by atoms with Crippen LogP contribution in [-0.4, -0.2) is 118 Å². The van der Waals surface area contributed by atoms with Crippen LogP contribution in [0, 0.1) is 106 Å². The Morgan fingerprint density at radius 1 is 0.692 bits per heavy atom. The molecule has 7 aromatic rings. The van der Waals surface area contributed by atoms with Gasteiger partial charge in [0, 0.05) is 94.3 Å². The number of terminal acetylenes is 1. The van der Waals surface area contributed by atoms with Crippen molar-refractivity contribution in [1.82, 2.24) is 24.2 Å². The number of fused-ring (bicyclic) bond motifs is 1. The Labute approximate surface area is 677 Å². The van der Waals surface area contributed by atoms with E-state index in [1.165, 1.54) is 71.3 Å². The molecule has 13 rings (SSSR count). The highest BCUT2D eigenvalue weighted by Crippen LogP contribution is 2.43. The maximum absolute atomic E-state index is 13.9. The summed E-state index contributed by atoms with van der Waals surface area (Å²) in [5.74, 6) is -1.50. The summed E-state index contributed by atoms with van der Waals surface area (Å²) in [5.41, 5.74) is 18.2. The number of benzene rings is 5. The molecule has 6 aliphatic rings. The summed E-state index contributed by atoms with van der Waals surface area (Å²) in [6.45, 7) is 3.83. The van der Waals surface area contributed by atoms with E-state index in [4.69, 9.17) is 86.4 Å². The summed E-state index contributed by atoms with van der Waals surface area (Å²) in [5, 5.41) is 38.7. The van der Waals surface area contributed by atoms with Gasteiger partial charge in [0.25, 0.3) is 23.8 Å². The van der Waals surface area contributed by atoms with E-state index in [0.29, 0.717) is 101 Å². The molecule has 38 heteroatoms. The topological polar surface area (TPSA) is 329 Å². The Bertz CT molecular complexity index is 4430. The van der Waals surface area contributed by atoms with Gasteiger partial charge < -0.3 is 50.9 Å². The molecule has 24 nitrogen and oxygen atoms in total. The van der Waals surface area contributed by atoms with Crippen LogP contribution in [0.4, 0.5) is 54.9 Å². The van der Waals surface area contributed by atoms with Gasteiger partial charge in [-0.05, 0) is 212 Å². The van der Waals surface area contributed by atoms with Crippen LogP contribution in [0.5, 0.6) is 0 Å². The number of carbonyl (C=O) groups is 2. The number of methoxy groups -OCH3 is 4. The smallest absolute Gasteiger partial charge is 0.307 e. The van der Waals surface area contributed by atoms with E-state index in [9.17, 15) is 66.3 Å². The van der Waals surface area contributed by atoms with Gasteiger partial charge in [-0.2, -0.15) is 9.49 Å². The number of hydrogen-bond acceptors (Lipinski definition) is 17. The van der Waals surface area contributed by atoms with Gasteiger partial charge in [-0.1, -0.05) is 64.6 Å². The van der Waals surface area contributed by atoms with Crippen molar-refractivity contribution in [1.29, 1.82) is 0 Å². The number of anilines is 2. The van der Waals surface area contributed by atoms with Gasteiger partial charge in [0.05, 0.1) is 81.5 Å². The van der Waals surface area contributed by atoms with E-state index in [0.717, 1.165) is 57.1 Å². The summed E-state index contributed by atoms with van der Waals surface area (Å²) >= 11 is 34.0. The first-order valence-electron chi connectivity index (χ1n) is 32.6. The quantitative estimate of drug-likeness (QED) is 0.00672. The van der Waals surface area contributed by atoms with Crippen LogP contribution < -0.4 is 22.5 Å². The van der Waals surface area contributed by atoms with E-state index < -0.39 is 61.1 Å². The molecule has 5 aromatic carbocycles. The number of nitrogens with one attached hydrogen (secondary N) is 1. The van der Waals surface area contributed by atoms with Gasteiger partial charge in [-0.15, -0.1) is 6.42 Å². The maximum Gasteiger partial charge on any atom is 0.307 e. The minimum atomic E-state index is -1.53. The minimum Gasteiger partial charge on any atom is -0.398 e. The Morgan fingerprint density at radius 2 is 1.16 bits per heavy atom. The molecule has 1 aliphatic heterocycles. The number of aromatic nitrogens is 4. The lowest BCUT2D eigenvalue weighted by molar-refractivity contribution is -0.387. The number of nitrogens with two attached hydrogens (primary N) is 3. The third kappa shape index (κ3) is 25.2. The number of nitro benzene ring substituents is 3. The van der Waals surface area contributed by atoms with E-state index >= 15 is 0 Å².